The lowest BCUT2D eigenvalue weighted by molar-refractivity contribution is -0.133. The monoisotopic (exact) mass is 536 g/mol. The molecule has 206 valence electrons. The van der Waals surface area contributed by atoms with Crippen molar-refractivity contribution in [1.82, 2.24) is 20.2 Å². The summed E-state index contributed by atoms with van der Waals surface area (Å²) in [7, 11) is 1.60. The average molecular weight is 537 g/mol. The zero-order valence-corrected chi connectivity index (χ0v) is 21.8. The van der Waals surface area contributed by atoms with Crippen molar-refractivity contribution in [2.24, 2.45) is 7.05 Å². The molecule has 2 aromatic carbocycles. The molecule has 0 aliphatic carbocycles. The third kappa shape index (κ3) is 8.55. The first kappa shape index (κ1) is 32.0. The summed E-state index contributed by atoms with van der Waals surface area (Å²) in [5, 5.41) is 15.5. The van der Waals surface area contributed by atoms with Crippen LogP contribution in [0.4, 0.5) is 17.6 Å². The van der Waals surface area contributed by atoms with E-state index in [0.29, 0.717) is 16.9 Å². The minimum absolute atomic E-state index is 0.110. The van der Waals surface area contributed by atoms with Gasteiger partial charge in [-0.1, -0.05) is 58.0 Å². The molecule has 0 saturated carbocycles. The van der Waals surface area contributed by atoms with Gasteiger partial charge in [0.25, 0.3) is 5.56 Å². The van der Waals surface area contributed by atoms with Gasteiger partial charge < -0.3 is 10.4 Å². The van der Waals surface area contributed by atoms with Gasteiger partial charge in [0.2, 0.25) is 0 Å². The van der Waals surface area contributed by atoms with E-state index >= 15 is 0 Å². The van der Waals surface area contributed by atoms with Gasteiger partial charge in [0, 0.05) is 19.2 Å². The van der Waals surface area contributed by atoms with Gasteiger partial charge in [-0.3, -0.25) is 14.7 Å². The van der Waals surface area contributed by atoms with E-state index in [2.05, 4.69) is 15.6 Å². The van der Waals surface area contributed by atoms with Crippen molar-refractivity contribution in [3.8, 4) is 11.4 Å². The number of aliphatic carboxylic acids is 1. The maximum atomic E-state index is 14.3. The molecule has 0 bridgehead atoms. The highest BCUT2D eigenvalue weighted by Crippen LogP contribution is 2.22. The van der Waals surface area contributed by atoms with E-state index in [9.17, 15) is 32.3 Å². The van der Waals surface area contributed by atoms with Gasteiger partial charge in [-0.15, -0.1) is 0 Å². The van der Waals surface area contributed by atoms with Crippen molar-refractivity contribution >= 4 is 16.9 Å². The number of alkyl halides is 3. The van der Waals surface area contributed by atoms with Crippen LogP contribution in [-0.2, 0) is 18.4 Å². The first-order chi connectivity index (χ1) is 18.2. The number of rotatable bonds is 5. The Bertz CT molecular complexity index is 1310. The van der Waals surface area contributed by atoms with E-state index in [0.717, 1.165) is 5.56 Å². The van der Waals surface area contributed by atoms with E-state index in [-0.39, 0.29) is 23.1 Å². The van der Waals surface area contributed by atoms with Crippen molar-refractivity contribution in [2.45, 2.75) is 47.1 Å². The Morgan fingerprint density at radius 3 is 2.32 bits per heavy atom. The average Bonchev–Trinajstić information content (AvgIpc) is 2.92. The highest BCUT2D eigenvalue weighted by Gasteiger charge is 2.21. The van der Waals surface area contributed by atoms with E-state index in [1.807, 2.05) is 58.0 Å². The summed E-state index contributed by atoms with van der Waals surface area (Å²) in [6.45, 7) is 4.44. The summed E-state index contributed by atoms with van der Waals surface area (Å²) in [5.74, 6) is -1.16. The summed E-state index contributed by atoms with van der Waals surface area (Å²) in [4.78, 5) is 29.0. The number of hydrogen-bond donors (Lipinski definition) is 3. The second-order valence-corrected chi connectivity index (χ2v) is 7.14. The molecule has 0 amide bonds. The Balaban J connectivity index is 0.000000811. The van der Waals surface area contributed by atoms with Crippen molar-refractivity contribution in [3.63, 3.8) is 0 Å². The lowest BCUT2D eigenvalue weighted by Gasteiger charge is -2.22. The topological polar surface area (TPSA) is 96.2 Å². The first-order valence-electron chi connectivity index (χ1n) is 11.9. The molecule has 1 aromatic heterocycles. The minimum atomic E-state index is -3.67. The first-order valence-corrected chi connectivity index (χ1v) is 11.9. The second kappa shape index (κ2) is 16.0. The summed E-state index contributed by atoms with van der Waals surface area (Å²) in [6.07, 6.45) is 4.04. The predicted molar refractivity (Wildman–Crippen MR) is 141 cm³/mol. The molecule has 1 atom stereocenters. The van der Waals surface area contributed by atoms with Crippen LogP contribution in [-0.4, -0.2) is 33.5 Å². The molecule has 0 spiro atoms. The van der Waals surface area contributed by atoms with Crippen LogP contribution in [0.25, 0.3) is 22.3 Å². The zero-order valence-electron chi connectivity index (χ0n) is 21.8. The third-order valence-corrected chi connectivity index (χ3v) is 4.95. The van der Waals surface area contributed by atoms with Gasteiger partial charge in [-0.25, -0.2) is 14.2 Å². The van der Waals surface area contributed by atoms with Crippen LogP contribution >= 0.6 is 0 Å². The molecule has 7 nitrogen and oxygen atoms in total. The Labute approximate surface area is 218 Å². The lowest BCUT2D eigenvalue weighted by atomic mass is 10.1. The normalized spacial score (nSPS) is 13.6. The SMILES string of the molecule is CC.CC.Cn1c(-c2ccccc2)nc2c(CNC3NC=CC=C3C(=O)O)cc(F)cc2c1=O.FC(F)F. The number of fused-ring (bicyclic) bond motifs is 1. The highest BCUT2D eigenvalue weighted by molar-refractivity contribution is 5.88. The van der Waals surface area contributed by atoms with Gasteiger partial charge >= 0.3 is 12.6 Å². The highest BCUT2D eigenvalue weighted by atomic mass is 19.4. The van der Waals surface area contributed by atoms with Crippen LogP contribution in [0.1, 0.15) is 33.3 Å². The molecule has 38 heavy (non-hydrogen) atoms. The molecule has 11 heteroatoms. The number of nitrogens with one attached hydrogen (secondary N) is 2. The fraction of sp³-hybridized carbons (Fsp3) is 0.296. The van der Waals surface area contributed by atoms with Crippen LogP contribution < -0.4 is 16.2 Å². The fourth-order valence-electron chi connectivity index (χ4n) is 3.45. The van der Waals surface area contributed by atoms with E-state index in [4.69, 9.17) is 0 Å². The van der Waals surface area contributed by atoms with Crippen molar-refractivity contribution < 1.29 is 27.5 Å². The number of aromatic nitrogens is 2. The van der Waals surface area contributed by atoms with Crippen molar-refractivity contribution in [2.75, 3.05) is 0 Å². The molecule has 4 rings (SSSR count). The molecular weight excluding hydrogens is 504 g/mol. The molecule has 1 unspecified atom stereocenters. The van der Waals surface area contributed by atoms with E-state index < -0.39 is 24.6 Å². The fourth-order valence-corrected chi connectivity index (χ4v) is 3.45. The number of carbonyl (C=O) groups is 1. The van der Waals surface area contributed by atoms with Crippen molar-refractivity contribution in [3.05, 3.63) is 88.1 Å². The maximum absolute atomic E-state index is 14.3. The van der Waals surface area contributed by atoms with Crippen LogP contribution in [0.3, 0.4) is 0 Å². The number of dihydropyridines is 1. The molecule has 3 aromatic rings. The molecular formula is C27H32F4N4O3. The maximum Gasteiger partial charge on any atom is 0.379 e. The lowest BCUT2D eigenvalue weighted by Crippen LogP contribution is -2.44. The number of benzene rings is 2. The standard InChI is InChI=1S/C22H19FN4O3.2C2H6.CHF3/c1-27-20(13-6-3-2-4-7-13)26-18-14(10-15(23)11-17(18)21(27)28)12-25-19-16(22(29)30)8-5-9-24-19;2*1-2;2-1(3)4/h2-11,19,24-25H,12H2,1H3,(H,29,30);2*1-2H3;1H. The Hall–Kier alpha value is -3.99. The summed E-state index contributed by atoms with van der Waals surface area (Å²) in [5.41, 5.74) is 1.37. The van der Waals surface area contributed by atoms with Gasteiger partial charge in [-0.2, -0.15) is 13.2 Å². The molecule has 0 radical (unpaired) electrons. The van der Waals surface area contributed by atoms with Gasteiger partial charge in [-0.05, 0) is 36.0 Å². The molecule has 1 aliphatic heterocycles. The largest absolute Gasteiger partial charge is 0.478 e. The van der Waals surface area contributed by atoms with Crippen LogP contribution in [0.15, 0.2) is 71.2 Å². The number of hydrogen-bond acceptors (Lipinski definition) is 5. The smallest absolute Gasteiger partial charge is 0.379 e. The summed E-state index contributed by atoms with van der Waals surface area (Å²) < 4.78 is 44.7. The minimum Gasteiger partial charge on any atom is -0.478 e. The van der Waals surface area contributed by atoms with Gasteiger partial charge in [0.15, 0.2) is 0 Å². The number of halogens is 4. The Morgan fingerprint density at radius 2 is 1.74 bits per heavy atom. The third-order valence-electron chi connectivity index (χ3n) is 4.95. The van der Waals surface area contributed by atoms with Gasteiger partial charge in [0.05, 0.1) is 16.5 Å². The number of carboxylic acid groups (broad SMARTS) is 1. The zero-order chi connectivity index (χ0) is 28.8. The quantitative estimate of drug-likeness (QED) is 0.372. The molecule has 1 aliphatic rings. The molecule has 0 fully saturated rings. The summed E-state index contributed by atoms with van der Waals surface area (Å²) in [6, 6.07) is 11.7. The second-order valence-electron chi connectivity index (χ2n) is 7.14. The number of carboxylic acids is 1. The molecule has 3 N–H and O–H groups in total. The van der Waals surface area contributed by atoms with Crippen LogP contribution in [0, 0.1) is 5.82 Å². The molecule has 0 saturated heterocycles. The molecule has 2 heterocycles. The van der Waals surface area contributed by atoms with Crippen LogP contribution in [0.5, 0.6) is 0 Å². The predicted octanol–water partition coefficient (Wildman–Crippen LogP) is 5.51. The van der Waals surface area contributed by atoms with Crippen molar-refractivity contribution in [1.29, 1.82) is 0 Å². The number of allylic oxidation sites excluding steroid dienone is 2. The Morgan fingerprint density at radius 1 is 1.13 bits per heavy atom. The Kier molecular flexibility index (Phi) is 13.5. The number of nitrogens with zero attached hydrogens (tertiary/aromatic N) is 2. The van der Waals surface area contributed by atoms with Gasteiger partial charge in [0.1, 0.15) is 17.8 Å². The summed E-state index contributed by atoms with van der Waals surface area (Å²) >= 11 is 0. The van der Waals surface area contributed by atoms with E-state index in [1.54, 1.807) is 19.3 Å². The van der Waals surface area contributed by atoms with Crippen LogP contribution in [0.2, 0.25) is 0 Å². The van der Waals surface area contributed by atoms with E-state index in [1.165, 1.54) is 22.8 Å².